The maximum atomic E-state index is 9.39. The predicted molar refractivity (Wildman–Crippen MR) is 107 cm³/mol. The van der Waals surface area contributed by atoms with Gasteiger partial charge in [-0.25, -0.2) is 0 Å². The van der Waals surface area contributed by atoms with Gasteiger partial charge in [-0.3, -0.25) is 0 Å². The quantitative estimate of drug-likeness (QED) is 0.186. The summed E-state index contributed by atoms with van der Waals surface area (Å²) in [7, 11) is 0. The Kier molecular flexibility index (Phi) is 18.0. The molecule has 156 valence electrons. The van der Waals surface area contributed by atoms with E-state index in [9.17, 15) is 5.53 Å². The molecule has 0 saturated heterocycles. The third-order valence-corrected chi connectivity index (χ3v) is 5.10. The zero-order chi connectivity index (χ0) is 18.8. The smallest absolute Gasteiger partial charge is 1.00 e. The molecule has 1 unspecified atom stereocenters. The molecule has 0 amide bonds. The first-order valence-corrected chi connectivity index (χ1v) is 10.1. The van der Waals surface area contributed by atoms with Gasteiger partial charge in [-0.05, 0) is 38.0 Å². The van der Waals surface area contributed by atoms with E-state index in [1.807, 2.05) is 6.08 Å². The minimum absolute atomic E-state index is 0. The van der Waals surface area contributed by atoms with Gasteiger partial charge in [0.15, 0.2) is 6.10 Å². The molecule has 1 aliphatic rings. The fourth-order valence-electron chi connectivity index (χ4n) is 2.42. The summed E-state index contributed by atoms with van der Waals surface area (Å²) in [6.45, 7) is 7.62. The molecule has 0 heterocycles. The van der Waals surface area contributed by atoms with Crippen molar-refractivity contribution in [3.8, 4) is 0 Å². The van der Waals surface area contributed by atoms with E-state index in [2.05, 4.69) is 49.8 Å². The Morgan fingerprint density at radius 2 is 1.66 bits per heavy atom. The number of hydrogen-bond acceptors (Lipinski definition) is 3. The van der Waals surface area contributed by atoms with E-state index in [4.69, 9.17) is 9.47 Å². The molecule has 0 N–H and O–H groups in total. The molecule has 0 saturated carbocycles. The number of rotatable bonds is 10. The molecule has 4 nitrogen and oxygen atoms in total. The first-order chi connectivity index (χ1) is 12.7. The van der Waals surface area contributed by atoms with Crippen molar-refractivity contribution in [2.75, 3.05) is 13.2 Å². The van der Waals surface area contributed by atoms with Gasteiger partial charge in [-0.1, -0.05) is 56.1 Å². The summed E-state index contributed by atoms with van der Waals surface area (Å²) in [5.41, 5.74) is 11.1. The normalized spacial score (nSPS) is 15.0. The van der Waals surface area contributed by atoms with Crippen LogP contribution in [0, 0.1) is 6.92 Å². The molecular formula is C21H28Cl2N2O2SZn. The van der Waals surface area contributed by atoms with Crippen molar-refractivity contribution in [3.05, 3.63) is 58.2 Å². The van der Waals surface area contributed by atoms with Crippen LogP contribution in [0.15, 0.2) is 52.0 Å². The summed E-state index contributed by atoms with van der Waals surface area (Å²) in [5.74, 6) is 0.743. The van der Waals surface area contributed by atoms with E-state index < -0.39 is 0 Å². The van der Waals surface area contributed by atoms with E-state index >= 15 is 0 Å². The van der Waals surface area contributed by atoms with Gasteiger partial charge < -0.3 is 39.8 Å². The van der Waals surface area contributed by atoms with Crippen molar-refractivity contribution >= 4 is 17.5 Å². The number of aryl methyl sites for hydroxylation is 1. The molecule has 0 aliphatic heterocycles. The van der Waals surface area contributed by atoms with Gasteiger partial charge in [0.05, 0.1) is 17.6 Å². The Labute approximate surface area is 204 Å². The van der Waals surface area contributed by atoms with Gasteiger partial charge >= 0.3 is 25.2 Å². The van der Waals surface area contributed by atoms with Crippen LogP contribution in [0.3, 0.4) is 0 Å². The number of unbranched alkanes of at least 4 members (excludes halogenated alkanes) is 2. The van der Waals surface area contributed by atoms with Crippen LogP contribution < -0.4 is 24.8 Å². The number of thioether (sulfide) groups is 1. The van der Waals surface area contributed by atoms with Gasteiger partial charge in [-0.2, -0.15) is 4.79 Å². The SMILES string of the molecule is CCCCOC1=CC(=[N+]=[N-])C(OCCCC)C=C1Sc1ccc(C)cc1.[Cl-].[Cl-].[Zn+2]. The van der Waals surface area contributed by atoms with Gasteiger partial charge in [0.2, 0.25) is 0 Å². The molecule has 0 aromatic heterocycles. The topological polar surface area (TPSA) is 54.9 Å². The zero-order valence-corrected chi connectivity index (χ0v) is 22.7. The van der Waals surface area contributed by atoms with Crippen LogP contribution in [-0.4, -0.2) is 29.8 Å². The third-order valence-electron chi connectivity index (χ3n) is 4.03. The second kappa shape index (κ2) is 17.1. The number of ether oxygens (including phenoxy) is 2. The van der Waals surface area contributed by atoms with Crippen molar-refractivity contribution in [3.63, 3.8) is 0 Å². The molecule has 0 fully saturated rings. The van der Waals surface area contributed by atoms with Crippen LogP contribution >= 0.6 is 11.8 Å². The first kappa shape index (κ1) is 30.6. The summed E-state index contributed by atoms with van der Waals surface area (Å²) in [6.07, 6.45) is 7.54. The van der Waals surface area contributed by atoms with Crippen molar-refractivity contribution in [2.45, 2.75) is 57.5 Å². The summed E-state index contributed by atoms with van der Waals surface area (Å²) in [4.78, 5) is 5.56. The molecule has 2 rings (SSSR count). The Morgan fingerprint density at radius 1 is 1.03 bits per heavy atom. The molecular weight excluding hydrogens is 481 g/mol. The molecule has 1 aromatic rings. The Morgan fingerprint density at radius 3 is 2.24 bits per heavy atom. The fourth-order valence-corrected chi connectivity index (χ4v) is 3.36. The number of nitrogens with zero attached hydrogens (tertiary/aromatic N) is 2. The van der Waals surface area contributed by atoms with Gasteiger partial charge in [0.1, 0.15) is 5.76 Å². The van der Waals surface area contributed by atoms with Crippen LogP contribution in [0.4, 0.5) is 0 Å². The van der Waals surface area contributed by atoms with Gasteiger partial charge in [0.25, 0.3) is 0 Å². The summed E-state index contributed by atoms with van der Waals surface area (Å²) < 4.78 is 11.9. The average Bonchev–Trinajstić information content (AvgIpc) is 2.65. The average molecular weight is 509 g/mol. The van der Waals surface area contributed by atoms with Gasteiger partial charge in [-0.15, -0.1) is 0 Å². The molecule has 1 aromatic carbocycles. The Balaban J connectivity index is 0. The van der Waals surface area contributed by atoms with E-state index in [1.54, 1.807) is 17.8 Å². The maximum Gasteiger partial charge on any atom is 2.00 e. The van der Waals surface area contributed by atoms with Crippen LogP contribution in [0.1, 0.15) is 45.1 Å². The Hall–Kier alpha value is -0.607. The van der Waals surface area contributed by atoms with Crippen molar-refractivity contribution in [1.82, 2.24) is 0 Å². The maximum absolute atomic E-state index is 9.39. The second-order valence-corrected chi connectivity index (χ2v) is 7.44. The van der Waals surface area contributed by atoms with Crippen LogP contribution in [0.2, 0.25) is 0 Å². The van der Waals surface area contributed by atoms with E-state index in [0.29, 0.717) is 18.9 Å². The van der Waals surface area contributed by atoms with E-state index in [-0.39, 0.29) is 50.4 Å². The van der Waals surface area contributed by atoms with Gasteiger partial charge in [0, 0.05) is 11.5 Å². The Bertz CT molecular complexity index is 705. The first-order valence-electron chi connectivity index (χ1n) is 9.32. The van der Waals surface area contributed by atoms with Crippen molar-refractivity contribution < 1.29 is 58.6 Å². The summed E-state index contributed by atoms with van der Waals surface area (Å²) in [5, 5.41) is 0. The van der Waals surface area contributed by atoms with Crippen molar-refractivity contribution in [1.29, 1.82) is 0 Å². The minimum Gasteiger partial charge on any atom is -1.00 e. The predicted octanol–water partition coefficient (Wildman–Crippen LogP) is -0.453. The number of hydrogen-bond donors (Lipinski definition) is 0. The second-order valence-electron chi connectivity index (χ2n) is 6.33. The number of halogens is 2. The molecule has 0 radical (unpaired) electrons. The molecule has 0 bridgehead atoms. The van der Waals surface area contributed by atoms with Crippen LogP contribution in [-0.2, 0) is 29.0 Å². The summed E-state index contributed by atoms with van der Waals surface area (Å²) in [6, 6.07) is 8.41. The van der Waals surface area contributed by atoms with Crippen LogP contribution in [0.25, 0.3) is 5.53 Å². The molecule has 8 heteroatoms. The van der Waals surface area contributed by atoms with Crippen LogP contribution in [0.5, 0.6) is 0 Å². The minimum atomic E-state index is -0.349. The third kappa shape index (κ3) is 10.3. The molecule has 0 spiro atoms. The fraction of sp³-hybridized carbons (Fsp3) is 0.476. The molecule has 1 aliphatic carbocycles. The van der Waals surface area contributed by atoms with E-state index in [1.165, 1.54) is 5.56 Å². The van der Waals surface area contributed by atoms with Crippen molar-refractivity contribution in [2.24, 2.45) is 0 Å². The zero-order valence-electron chi connectivity index (χ0n) is 17.4. The summed E-state index contributed by atoms with van der Waals surface area (Å²) >= 11 is 1.65. The monoisotopic (exact) mass is 506 g/mol. The molecule has 1 atom stereocenters. The molecule has 29 heavy (non-hydrogen) atoms. The number of benzene rings is 1. The largest absolute Gasteiger partial charge is 2.00 e. The van der Waals surface area contributed by atoms with E-state index in [0.717, 1.165) is 41.2 Å². The standard InChI is InChI=1S/C21H28N2O2S.2ClH.Zn/c1-4-6-12-24-19-15-21(26-17-10-8-16(3)9-11-17)20(14-18(19)23-22)25-13-7-5-2;;;/h8-11,14-15,19H,4-7,12-13H2,1-3H3;2*1H;/q;;;+2/p-2.